The van der Waals surface area contributed by atoms with E-state index in [0.29, 0.717) is 0 Å². The van der Waals surface area contributed by atoms with Crippen LogP contribution in [0.15, 0.2) is 24.3 Å². The maximum Gasteiger partial charge on any atom is 0.0637 e. The van der Waals surface area contributed by atoms with Gasteiger partial charge in [-0.25, -0.2) is 0 Å². The van der Waals surface area contributed by atoms with Crippen LogP contribution in [-0.2, 0) is 10.1 Å². The molecule has 2 rings (SSSR count). The fourth-order valence-corrected chi connectivity index (χ4v) is 2.25. The molecule has 0 atom stereocenters. The van der Waals surface area contributed by atoms with Crippen LogP contribution in [0.2, 0.25) is 0 Å². The van der Waals surface area contributed by atoms with Crippen molar-refractivity contribution in [3.8, 4) is 0 Å². The summed E-state index contributed by atoms with van der Waals surface area (Å²) in [6.45, 7) is 1.80. The first kappa shape index (κ1) is 11.9. The van der Waals surface area contributed by atoms with Crippen molar-refractivity contribution in [2.45, 2.75) is 24.2 Å². The molecule has 0 aromatic heterocycles. The highest BCUT2D eigenvalue weighted by atomic mass is 79.9. The quantitative estimate of drug-likeness (QED) is 0.744. The zero-order chi connectivity index (χ0) is 11.4. The minimum Gasteiger partial charge on any atom is -0.383 e. The van der Waals surface area contributed by atoms with Crippen molar-refractivity contribution in [3.63, 3.8) is 0 Å². The standard InChI is InChI=1S/C13H18BrNO/c1-16-9-8-15(13-6-7-13)12-4-2-11(10-14)3-5-12/h2-5,13H,6-10H2,1H3. The van der Waals surface area contributed by atoms with Gasteiger partial charge in [0.2, 0.25) is 0 Å². The van der Waals surface area contributed by atoms with Crippen molar-refractivity contribution in [1.29, 1.82) is 0 Å². The molecule has 0 saturated heterocycles. The number of anilines is 1. The first-order chi connectivity index (χ1) is 7.85. The van der Waals surface area contributed by atoms with E-state index in [0.717, 1.165) is 24.5 Å². The summed E-state index contributed by atoms with van der Waals surface area (Å²) >= 11 is 3.47. The lowest BCUT2D eigenvalue weighted by Crippen LogP contribution is -2.29. The van der Waals surface area contributed by atoms with E-state index in [1.54, 1.807) is 7.11 Å². The van der Waals surface area contributed by atoms with Crippen LogP contribution in [0, 0.1) is 0 Å². The lowest BCUT2D eigenvalue weighted by atomic mass is 10.2. The Hall–Kier alpha value is -0.540. The number of hydrogen-bond donors (Lipinski definition) is 0. The number of ether oxygens (including phenoxy) is 1. The fourth-order valence-electron chi connectivity index (χ4n) is 1.87. The summed E-state index contributed by atoms with van der Waals surface area (Å²) in [5.41, 5.74) is 2.65. The third kappa shape index (κ3) is 2.98. The number of nitrogens with zero attached hydrogens (tertiary/aromatic N) is 1. The van der Waals surface area contributed by atoms with Gasteiger partial charge in [-0.15, -0.1) is 0 Å². The summed E-state index contributed by atoms with van der Waals surface area (Å²) in [5.74, 6) is 0. The summed E-state index contributed by atoms with van der Waals surface area (Å²) in [6, 6.07) is 9.54. The predicted molar refractivity (Wildman–Crippen MR) is 71.3 cm³/mol. The molecule has 1 aliphatic rings. The van der Waals surface area contributed by atoms with Gasteiger partial charge in [-0.2, -0.15) is 0 Å². The molecular weight excluding hydrogens is 266 g/mol. The summed E-state index contributed by atoms with van der Waals surface area (Å²) in [5, 5.41) is 0.925. The molecule has 0 spiro atoms. The van der Waals surface area contributed by atoms with E-state index in [2.05, 4.69) is 45.1 Å². The van der Waals surface area contributed by atoms with Crippen LogP contribution in [0.3, 0.4) is 0 Å². The van der Waals surface area contributed by atoms with E-state index < -0.39 is 0 Å². The Morgan fingerprint density at radius 2 is 2.00 bits per heavy atom. The second kappa shape index (κ2) is 5.69. The number of methoxy groups -OCH3 is 1. The van der Waals surface area contributed by atoms with Crippen molar-refractivity contribution in [1.82, 2.24) is 0 Å². The van der Waals surface area contributed by atoms with E-state index in [1.165, 1.54) is 24.1 Å². The van der Waals surface area contributed by atoms with Gasteiger partial charge >= 0.3 is 0 Å². The maximum absolute atomic E-state index is 5.17. The van der Waals surface area contributed by atoms with Crippen molar-refractivity contribution in [2.24, 2.45) is 0 Å². The van der Waals surface area contributed by atoms with Crippen LogP contribution in [0.5, 0.6) is 0 Å². The average Bonchev–Trinajstić information content (AvgIpc) is 3.15. The SMILES string of the molecule is COCCN(c1ccc(CBr)cc1)C1CC1. The Labute approximate surface area is 106 Å². The molecule has 1 aliphatic carbocycles. The molecule has 0 radical (unpaired) electrons. The highest BCUT2D eigenvalue weighted by Gasteiger charge is 2.28. The molecule has 1 aromatic carbocycles. The topological polar surface area (TPSA) is 12.5 Å². The molecule has 2 nitrogen and oxygen atoms in total. The highest BCUT2D eigenvalue weighted by Crippen LogP contribution is 2.31. The lowest BCUT2D eigenvalue weighted by molar-refractivity contribution is 0.205. The van der Waals surface area contributed by atoms with Crippen molar-refractivity contribution in [2.75, 3.05) is 25.2 Å². The van der Waals surface area contributed by atoms with Gasteiger partial charge in [0, 0.05) is 30.7 Å². The summed E-state index contributed by atoms with van der Waals surface area (Å²) in [6.07, 6.45) is 2.65. The van der Waals surface area contributed by atoms with Crippen LogP contribution in [0.4, 0.5) is 5.69 Å². The van der Waals surface area contributed by atoms with Gasteiger partial charge in [-0.1, -0.05) is 28.1 Å². The zero-order valence-corrected chi connectivity index (χ0v) is 11.2. The van der Waals surface area contributed by atoms with Gasteiger partial charge in [-0.3, -0.25) is 0 Å². The predicted octanol–water partition coefficient (Wildman–Crippen LogP) is 3.20. The Morgan fingerprint density at radius 3 is 2.50 bits per heavy atom. The van der Waals surface area contributed by atoms with Crippen molar-refractivity contribution < 1.29 is 4.74 Å². The van der Waals surface area contributed by atoms with E-state index >= 15 is 0 Å². The molecule has 1 saturated carbocycles. The van der Waals surface area contributed by atoms with Crippen molar-refractivity contribution >= 4 is 21.6 Å². The number of alkyl halides is 1. The van der Waals surface area contributed by atoms with Gasteiger partial charge < -0.3 is 9.64 Å². The van der Waals surface area contributed by atoms with Crippen LogP contribution >= 0.6 is 15.9 Å². The molecular formula is C13H18BrNO. The average molecular weight is 284 g/mol. The molecule has 0 unspecified atom stereocenters. The Balaban J connectivity index is 2.05. The monoisotopic (exact) mass is 283 g/mol. The number of benzene rings is 1. The molecule has 0 heterocycles. The van der Waals surface area contributed by atoms with E-state index in [1.807, 2.05) is 0 Å². The van der Waals surface area contributed by atoms with Gasteiger partial charge in [0.15, 0.2) is 0 Å². The fraction of sp³-hybridized carbons (Fsp3) is 0.538. The van der Waals surface area contributed by atoms with Crippen LogP contribution in [-0.4, -0.2) is 26.3 Å². The summed E-state index contributed by atoms with van der Waals surface area (Å²) < 4.78 is 5.17. The largest absolute Gasteiger partial charge is 0.383 e. The Bertz CT molecular complexity index is 321. The lowest BCUT2D eigenvalue weighted by Gasteiger charge is -2.24. The molecule has 1 fully saturated rings. The van der Waals surface area contributed by atoms with E-state index in [4.69, 9.17) is 4.74 Å². The molecule has 1 aromatic rings. The second-order valence-electron chi connectivity index (χ2n) is 4.22. The normalized spacial score (nSPS) is 15.1. The van der Waals surface area contributed by atoms with Gasteiger partial charge in [0.25, 0.3) is 0 Å². The number of hydrogen-bond acceptors (Lipinski definition) is 2. The van der Waals surface area contributed by atoms with Gasteiger partial charge in [-0.05, 0) is 30.5 Å². The summed E-state index contributed by atoms with van der Waals surface area (Å²) in [4.78, 5) is 2.46. The molecule has 16 heavy (non-hydrogen) atoms. The van der Waals surface area contributed by atoms with Gasteiger partial charge in [0.05, 0.1) is 6.61 Å². The highest BCUT2D eigenvalue weighted by molar-refractivity contribution is 9.08. The van der Waals surface area contributed by atoms with Crippen LogP contribution in [0.1, 0.15) is 18.4 Å². The van der Waals surface area contributed by atoms with Crippen LogP contribution in [0.25, 0.3) is 0 Å². The third-order valence-corrected chi connectivity index (χ3v) is 3.59. The van der Waals surface area contributed by atoms with E-state index in [9.17, 15) is 0 Å². The first-order valence-corrected chi connectivity index (χ1v) is 6.88. The Kier molecular flexibility index (Phi) is 4.24. The maximum atomic E-state index is 5.17. The number of rotatable bonds is 6. The van der Waals surface area contributed by atoms with E-state index in [-0.39, 0.29) is 0 Å². The molecule has 0 amide bonds. The molecule has 0 bridgehead atoms. The molecule has 3 heteroatoms. The third-order valence-electron chi connectivity index (χ3n) is 2.95. The first-order valence-electron chi connectivity index (χ1n) is 5.75. The zero-order valence-electron chi connectivity index (χ0n) is 9.66. The van der Waals surface area contributed by atoms with Crippen LogP contribution < -0.4 is 4.90 Å². The molecule has 0 N–H and O–H groups in total. The number of halogens is 1. The second-order valence-corrected chi connectivity index (χ2v) is 4.78. The van der Waals surface area contributed by atoms with Gasteiger partial charge in [0.1, 0.15) is 0 Å². The smallest absolute Gasteiger partial charge is 0.0637 e. The minimum atomic E-state index is 0.741. The minimum absolute atomic E-state index is 0.741. The molecule has 88 valence electrons. The summed E-state index contributed by atoms with van der Waals surface area (Å²) in [7, 11) is 1.76. The molecule has 0 aliphatic heterocycles. The Morgan fingerprint density at radius 1 is 1.31 bits per heavy atom. The van der Waals surface area contributed by atoms with Crippen molar-refractivity contribution in [3.05, 3.63) is 29.8 Å².